The van der Waals surface area contributed by atoms with E-state index in [4.69, 9.17) is 4.74 Å². The van der Waals surface area contributed by atoms with E-state index in [1.807, 2.05) is 18.2 Å². The largest absolute Gasteiger partial charge is 0.374 e. The van der Waals surface area contributed by atoms with E-state index in [0.29, 0.717) is 5.56 Å². The normalized spacial score (nSPS) is 12.5. The van der Waals surface area contributed by atoms with Gasteiger partial charge in [0.1, 0.15) is 6.10 Å². The Hall–Kier alpha value is -1.15. The molecule has 1 rings (SSSR count). The first-order chi connectivity index (χ1) is 5.75. The molecule has 0 aliphatic rings. The van der Waals surface area contributed by atoms with Gasteiger partial charge in [0, 0.05) is 12.7 Å². The number of carbonyl (C=O) groups is 1. The van der Waals surface area contributed by atoms with E-state index < -0.39 is 0 Å². The Balaban J connectivity index is 2.79. The van der Waals surface area contributed by atoms with Gasteiger partial charge in [0.15, 0.2) is 5.78 Å². The van der Waals surface area contributed by atoms with Crippen molar-refractivity contribution in [1.29, 1.82) is 0 Å². The van der Waals surface area contributed by atoms with Gasteiger partial charge >= 0.3 is 0 Å². The van der Waals surface area contributed by atoms with Gasteiger partial charge in [0.25, 0.3) is 0 Å². The Labute approximate surface area is 72.2 Å². The lowest BCUT2D eigenvalue weighted by Gasteiger charge is -2.07. The highest BCUT2D eigenvalue weighted by molar-refractivity contribution is 5.99. The number of carbonyl (C=O) groups excluding carboxylic acids is 1. The summed E-state index contributed by atoms with van der Waals surface area (Å²) >= 11 is 0. The van der Waals surface area contributed by atoms with Gasteiger partial charge in [-0.05, 0) is 6.92 Å². The second kappa shape index (κ2) is 4.02. The van der Waals surface area contributed by atoms with E-state index in [1.54, 1.807) is 19.1 Å². The lowest BCUT2D eigenvalue weighted by Crippen LogP contribution is -2.18. The monoisotopic (exact) mass is 164 g/mol. The summed E-state index contributed by atoms with van der Waals surface area (Å²) in [6, 6.07) is 9.15. The molecule has 12 heavy (non-hydrogen) atoms. The summed E-state index contributed by atoms with van der Waals surface area (Å²) < 4.78 is 4.92. The molecule has 0 bridgehead atoms. The van der Waals surface area contributed by atoms with Crippen molar-refractivity contribution in [3.8, 4) is 0 Å². The zero-order valence-corrected chi connectivity index (χ0v) is 7.28. The zero-order valence-electron chi connectivity index (χ0n) is 7.28. The van der Waals surface area contributed by atoms with Crippen molar-refractivity contribution in [2.24, 2.45) is 0 Å². The maximum atomic E-state index is 11.5. The van der Waals surface area contributed by atoms with Crippen molar-refractivity contribution >= 4 is 5.78 Å². The summed E-state index contributed by atoms with van der Waals surface area (Å²) in [5.41, 5.74) is 0.701. The second-order valence-electron chi connectivity index (χ2n) is 2.61. The van der Waals surface area contributed by atoms with E-state index in [1.165, 1.54) is 7.11 Å². The average Bonchev–Trinajstić information content (AvgIpc) is 2.17. The first-order valence-corrected chi connectivity index (χ1v) is 3.87. The number of hydrogen-bond donors (Lipinski definition) is 0. The SMILES string of the molecule is CO[C@H](C)C(=O)c1ccccc1. The van der Waals surface area contributed by atoms with Crippen LogP contribution in [0.3, 0.4) is 0 Å². The third kappa shape index (κ3) is 1.92. The molecule has 2 heteroatoms. The number of benzene rings is 1. The molecule has 64 valence electrons. The van der Waals surface area contributed by atoms with E-state index in [9.17, 15) is 4.79 Å². The highest BCUT2D eigenvalue weighted by atomic mass is 16.5. The van der Waals surface area contributed by atoms with Crippen LogP contribution in [0.15, 0.2) is 30.3 Å². The highest BCUT2D eigenvalue weighted by Crippen LogP contribution is 2.04. The molecule has 1 aromatic rings. The van der Waals surface area contributed by atoms with Crippen LogP contribution in [0.1, 0.15) is 17.3 Å². The molecule has 0 heterocycles. The van der Waals surface area contributed by atoms with E-state index in [-0.39, 0.29) is 11.9 Å². The van der Waals surface area contributed by atoms with Crippen molar-refractivity contribution in [1.82, 2.24) is 0 Å². The number of ether oxygens (including phenoxy) is 1. The molecule has 0 fully saturated rings. The van der Waals surface area contributed by atoms with Gasteiger partial charge < -0.3 is 4.74 Å². The van der Waals surface area contributed by atoms with E-state index in [0.717, 1.165) is 0 Å². The van der Waals surface area contributed by atoms with Gasteiger partial charge in [-0.1, -0.05) is 30.3 Å². The van der Waals surface area contributed by atoms with Crippen LogP contribution in [0, 0.1) is 0 Å². The van der Waals surface area contributed by atoms with Crippen LogP contribution >= 0.6 is 0 Å². The molecule has 2 nitrogen and oxygen atoms in total. The predicted molar refractivity (Wildman–Crippen MR) is 47.2 cm³/mol. The molecule has 1 aromatic carbocycles. The van der Waals surface area contributed by atoms with Gasteiger partial charge in [-0.2, -0.15) is 0 Å². The molecule has 0 N–H and O–H groups in total. The topological polar surface area (TPSA) is 26.3 Å². The van der Waals surface area contributed by atoms with Crippen LogP contribution in [0.4, 0.5) is 0 Å². The maximum Gasteiger partial charge on any atom is 0.191 e. The quantitative estimate of drug-likeness (QED) is 0.638. The number of hydrogen-bond acceptors (Lipinski definition) is 2. The second-order valence-corrected chi connectivity index (χ2v) is 2.61. The fourth-order valence-corrected chi connectivity index (χ4v) is 0.944. The van der Waals surface area contributed by atoms with Gasteiger partial charge in [0.05, 0.1) is 0 Å². The first kappa shape index (κ1) is 8.94. The standard InChI is InChI=1S/C10H12O2/c1-8(12-2)10(11)9-6-4-3-5-7-9/h3-8H,1-2H3/t8-/m1/s1. The maximum absolute atomic E-state index is 11.5. The number of rotatable bonds is 3. The van der Waals surface area contributed by atoms with Crippen LogP contribution in [0.2, 0.25) is 0 Å². The van der Waals surface area contributed by atoms with Crippen molar-refractivity contribution in [2.75, 3.05) is 7.11 Å². The summed E-state index contributed by atoms with van der Waals surface area (Å²) in [7, 11) is 1.53. The van der Waals surface area contributed by atoms with Gasteiger partial charge in [-0.15, -0.1) is 0 Å². The minimum Gasteiger partial charge on any atom is -0.374 e. The minimum atomic E-state index is -0.354. The molecule has 0 aliphatic carbocycles. The lowest BCUT2D eigenvalue weighted by molar-refractivity contribution is 0.0655. The van der Waals surface area contributed by atoms with Crippen LogP contribution < -0.4 is 0 Å². The van der Waals surface area contributed by atoms with Crippen molar-refractivity contribution in [3.05, 3.63) is 35.9 Å². The summed E-state index contributed by atoms with van der Waals surface area (Å²) in [6.45, 7) is 1.75. The van der Waals surface area contributed by atoms with Crippen LogP contribution in [0.5, 0.6) is 0 Å². The lowest BCUT2D eigenvalue weighted by atomic mass is 10.1. The average molecular weight is 164 g/mol. The summed E-state index contributed by atoms with van der Waals surface area (Å²) in [5.74, 6) is 0.0260. The Morgan fingerprint density at radius 2 is 1.92 bits per heavy atom. The molecule has 0 radical (unpaired) electrons. The molecule has 0 amide bonds. The zero-order chi connectivity index (χ0) is 8.97. The third-order valence-electron chi connectivity index (χ3n) is 1.78. The molecule has 0 aromatic heterocycles. The smallest absolute Gasteiger partial charge is 0.191 e. The fraction of sp³-hybridized carbons (Fsp3) is 0.300. The van der Waals surface area contributed by atoms with Gasteiger partial charge in [0.2, 0.25) is 0 Å². The number of Topliss-reactive ketones (excluding diaryl/α,β-unsaturated/α-hetero) is 1. The van der Waals surface area contributed by atoms with Crippen molar-refractivity contribution in [3.63, 3.8) is 0 Å². The molecule has 1 atom stereocenters. The summed E-state index contributed by atoms with van der Waals surface area (Å²) in [4.78, 5) is 11.5. The Bertz CT molecular complexity index is 254. The first-order valence-electron chi connectivity index (χ1n) is 3.87. The molecule has 0 unspecified atom stereocenters. The van der Waals surface area contributed by atoms with Crippen molar-refractivity contribution in [2.45, 2.75) is 13.0 Å². The van der Waals surface area contributed by atoms with Gasteiger partial charge in [-0.25, -0.2) is 0 Å². The van der Waals surface area contributed by atoms with Gasteiger partial charge in [-0.3, -0.25) is 4.79 Å². The predicted octanol–water partition coefficient (Wildman–Crippen LogP) is 1.90. The molecule has 0 saturated heterocycles. The minimum absolute atomic E-state index is 0.0260. The molecular formula is C10H12O2. The Morgan fingerprint density at radius 1 is 1.33 bits per heavy atom. The van der Waals surface area contributed by atoms with E-state index >= 15 is 0 Å². The summed E-state index contributed by atoms with van der Waals surface area (Å²) in [6.07, 6.45) is -0.354. The fourth-order valence-electron chi connectivity index (χ4n) is 0.944. The molecule has 0 saturated carbocycles. The molecule has 0 aliphatic heterocycles. The van der Waals surface area contributed by atoms with Crippen LogP contribution in [0.25, 0.3) is 0 Å². The van der Waals surface area contributed by atoms with Crippen LogP contribution in [-0.4, -0.2) is 19.0 Å². The number of methoxy groups -OCH3 is 1. The van der Waals surface area contributed by atoms with E-state index in [2.05, 4.69) is 0 Å². The Morgan fingerprint density at radius 3 is 2.42 bits per heavy atom. The highest BCUT2D eigenvalue weighted by Gasteiger charge is 2.12. The Kier molecular flexibility index (Phi) is 3.00. The van der Waals surface area contributed by atoms with Crippen LogP contribution in [-0.2, 0) is 4.74 Å². The van der Waals surface area contributed by atoms with Crippen molar-refractivity contribution < 1.29 is 9.53 Å². The summed E-state index contributed by atoms with van der Waals surface area (Å²) in [5, 5.41) is 0. The molecule has 0 spiro atoms. The number of ketones is 1. The third-order valence-corrected chi connectivity index (χ3v) is 1.78. The molecular weight excluding hydrogens is 152 g/mol.